The van der Waals surface area contributed by atoms with Gasteiger partial charge in [0.1, 0.15) is 0 Å². The van der Waals surface area contributed by atoms with E-state index in [1.165, 1.54) is 6.04 Å². The summed E-state index contributed by atoms with van der Waals surface area (Å²) in [5.74, 6) is 0.689. The first-order valence-corrected chi connectivity index (χ1v) is 12.7. The average molecular weight is 384 g/mol. The fourth-order valence-corrected chi connectivity index (χ4v) is 6.16. The Morgan fingerprint density at radius 3 is 2.59 bits per heavy atom. The maximum absolute atomic E-state index is 11.7. The highest BCUT2D eigenvalue weighted by Crippen LogP contribution is 2.20. The Morgan fingerprint density at radius 1 is 1.22 bits per heavy atom. The molecule has 1 N–H and O–H groups in total. The van der Waals surface area contributed by atoms with Gasteiger partial charge in [0, 0.05) is 11.8 Å². The first-order valence-electron chi connectivity index (χ1n) is 9.33. The number of carbonyl (C=O) groups is 1. The third-order valence-electron chi connectivity index (χ3n) is 4.21. The van der Waals surface area contributed by atoms with Gasteiger partial charge >= 0.3 is 6.09 Å². The third kappa shape index (κ3) is 7.74. The second-order valence-electron chi connectivity index (χ2n) is 7.86. The molecule has 0 saturated carbocycles. The van der Waals surface area contributed by atoms with Crippen LogP contribution < -0.4 is 5.43 Å². The number of benzene rings is 1. The molecule has 1 aromatic carbocycles. The predicted molar refractivity (Wildman–Crippen MR) is 114 cm³/mol. The highest BCUT2D eigenvalue weighted by molar-refractivity contribution is 6.77. The smallest absolute Gasteiger partial charge is 0.427 e. The summed E-state index contributed by atoms with van der Waals surface area (Å²) in [4.78, 5) is 16.1. The summed E-state index contributed by atoms with van der Waals surface area (Å²) in [6.07, 6.45) is 2.86. The number of carbonyl (C=O) groups excluding carboxylic acids is 1. The van der Waals surface area contributed by atoms with Crippen LogP contribution in [-0.4, -0.2) is 32.0 Å². The maximum atomic E-state index is 11.7. The minimum atomic E-state index is -1.30. The molecule has 0 spiro atoms. The van der Waals surface area contributed by atoms with Gasteiger partial charge in [0.2, 0.25) is 0 Å². The Morgan fingerprint density at radius 2 is 1.96 bits per heavy atom. The van der Waals surface area contributed by atoms with Gasteiger partial charge in [-0.2, -0.15) is 5.10 Å². The molecule has 0 unspecified atom stereocenters. The molecule has 2 aromatic rings. The molecule has 1 heterocycles. The van der Waals surface area contributed by atoms with Crippen LogP contribution in [0.5, 0.6) is 0 Å². The maximum Gasteiger partial charge on any atom is 0.427 e. The molecule has 0 aliphatic rings. The first-order chi connectivity index (χ1) is 12.9. The summed E-state index contributed by atoms with van der Waals surface area (Å²) in [6, 6.07) is 15.8. The zero-order chi connectivity index (χ0) is 19.7. The van der Waals surface area contributed by atoms with E-state index in [9.17, 15) is 4.79 Å². The van der Waals surface area contributed by atoms with Crippen LogP contribution in [0.2, 0.25) is 25.2 Å². The first kappa shape index (κ1) is 20.8. The molecule has 1 amide bonds. The van der Waals surface area contributed by atoms with Crippen molar-refractivity contribution in [2.75, 3.05) is 6.61 Å². The normalized spacial score (nSPS) is 11.7. The Labute approximate surface area is 162 Å². The quantitative estimate of drug-likeness (QED) is 0.388. The van der Waals surface area contributed by atoms with Crippen LogP contribution in [0.15, 0.2) is 53.8 Å². The molecule has 5 nitrogen and oxygen atoms in total. The van der Waals surface area contributed by atoms with E-state index in [0.29, 0.717) is 12.5 Å². The standard InChI is InChI=1S/C21H29N3O2Si/c1-17(2)16-27(3,4)14-13-26-21(25)24-23-15-18-8-10-19(11-9-18)20-7-5-6-12-22-20/h5-12,15,17H,13-14,16H2,1-4H3,(H,24,25)/b23-15+. The van der Waals surface area contributed by atoms with Crippen molar-refractivity contribution in [2.45, 2.75) is 39.0 Å². The summed E-state index contributed by atoms with van der Waals surface area (Å²) in [6.45, 7) is 9.59. The molecule has 1 aromatic heterocycles. The van der Waals surface area contributed by atoms with Crippen LogP contribution in [0.1, 0.15) is 19.4 Å². The number of nitrogens with one attached hydrogen (secondary N) is 1. The van der Waals surface area contributed by atoms with Crippen molar-refractivity contribution >= 4 is 20.4 Å². The number of nitrogens with zero attached hydrogens (tertiary/aromatic N) is 2. The minimum Gasteiger partial charge on any atom is -0.449 e. The highest BCUT2D eigenvalue weighted by Gasteiger charge is 2.22. The molecule has 0 saturated heterocycles. The van der Waals surface area contributed by atoms with Gasteiger partial charge < -0.3 is 4.74 Å². The Bertz CT molecular complexity index is 744. The third-order valence-corrected chi connectivity index (χ3v) is 7.69. The number of hydrazone groups is 1. The van der Waals surface area contributed by atoms with Crippen molar-refractivity contribution in [3.63, 3.8) is 0 Å². The number of pyridine rings is 1. The van der Waals surface area contributed by atoms with Crippen molar-refractivity contribution in [1.82, 2.24) is 10.4 Å². The highest BCUT2D eigenvalue weighted by atomic mass is 28.3. The molecule has 0 radical (unpaired) electrons. The molecule has 27 heavy (non-hydrogen) atoms. The molecule has 0 atom stereocenters. The second kappa shape index (κ2) is 10.0. The van der Waals surface area contributed by atoms with Gasteiger partial charge in [-0.1, -0.05) is 63.3 Å². The average Bonchev–Trinajstić information content (AvgIpc) is 2.62. The van der Waals surface area contributed by atoms with Crippen molar-refractivity contribution < 1.29 is 9.53 Å². The molecule has 144 valence electrons. The molecule has 2 rings (SSSR count). The molecular weight excluding hydrogens is 354 g/mol. The van der Waals surface area contributed by atoms with Gasteiger partial charge in [-0.15, -0.1) is 0 Å². The monoisotopic (exact) mass is 383 g/mol. The summed E-state index contributed by atoms with van der Waals surface area (Å²) < 4.78 is 5.24. The van der Waals surface area contributed by atoms with Gasteiger partial charge in [0.25, 0.3) is 0 Å². The zero-order valence-electron chi connectivity index (χ0n) is 16.6. The van der Waals surface area contributed by atoms with E-state index in [1.54, 1.807) is 12.4 Å². The lowest BCUT2D eigenvalue weighted by Gasteiger charge is -2.23. The summed E-state index contributed by atoms with van der Waals surface area (Å²) in [5, 5.41) is 3.95. The topological polar surface area (TPSA) is 63.6 Å². The fraction of sp³-hybridized carbons (Fsp3) is 0.381. The second-order valence-corrected chi connectivity index (χ2v) is 13.1. The summed E-state index contributed by atoms with van der Waals surface area (Å²) in [5.41, 5.74) is 5.26. The van der Waals surface area contributed by atoms with Crippen LogP contribution in [0, 0.1) is 5.92 Å². The van der Waals surface area contributed by atoms with Gasteiger partial charge in [0.05, 0.1) is 26.6 Å². The Balaban J connectivity index is 1.75. The van der Waals surface area contributed by atoms with E-state index in [0.717, 1.165) is 22.9 Å². The van der Waals surface area contributed by atoms with Crippen LogP contribution >= 0.6 is 0 Å². The molecule has 0 aliphatic heterocycles. The van der Waals surface area contributed by atoms with E-state index in [2.05, 4.69) is 42.5 Å². The van der Waals surface area contributed by atoms with Crippen LogP contribution in [-0.2, 0) is 4.74 Å². The predicted octanol–water partition coefficient (Wildman–Crippen LogP) is 5.17. The summed E-state index contributed by atoms with van der Waals surface area (Å²) >= 11 is 0. The van der Waals surface area contributed by atoms with Crippen molar-refractivity contribution in [3.8, 4) is 11.3 Å². The zero-order valence-corrected chi connectivity index (χ0v) is 17.6. The number of hydrogen-bond donors (Lipinski definition) is 1. The van der Waals surface area contributed by atoms with Gasteiger partial charge in [-0.3, -0.25) is 4.98 Å². The number of ether oxygens (including phenoxy) is 1. The van der Waals surface area contributed by atoms with Crippen LogP contribution in [0.25, 0.3) is 11.3 Å². The molecule has 0 fully saturated rings. The van der Waals surface area contributed by atoms with Gasteiger partial charge in [0.15, 0.2) is 0 Å². The molecule has 0 aliphatic carbocycles. The minimum absolute atomic E-state index is 0.450. The number of hydrogen-bond acceptors (Lipinski definition) is 4. The van der Waals surface area contributed by atoms with Gasteiger partial charge in [-0.25, -0.2) is 10.2 Å². The Hall–Kier alpha value is -2.47. The van der Waals surface area contributed by atoms with E-state index in [-0.39, 0.29) is 0 Å². The molecule has 6 heteroatoms. The van der Waals surface area contributed by atoms with E-state index < -0.39 is 14.2 Å². The number of aromatic nitrogens is 1. The van der Waals surface area contributed by atoms with Gasteiger partial charge in [-0.05, 0) is 29.7 Å². The van der Waals surface area contributed by atoms with Crippen molar-refractivity contribution in [3.05, 3.63) is 54.2 Å². The summed E-state index contributed by atoms with van der Waals surface area (Å²) in [7, 11) is -1.30. The van der Waals surface area contributed by atoms with E-state index in [1.807, 2.05) is 42.5 Å². The lowest BCUT2D eigenvalue weighted by Crippen LogP contribution is -2.30. The molecule has 0 bridgehead atoms. The Kier molecular flexibility index (Phi) is 7.73. The van der Waals surface area contributed by atoms with Crippen LogP contribution in [0.3, 0.4) is 0 Å². The SMILES string of the molecule is CC(C)C[Si](C)(C)CCOC(=O)N/N=C/c1ccc(-c2ccccn2)cc1. The lowest BCUT2D eigenvalue weighted by atomic mass is 10.1. The largest absolute Gasteiger partial charge is 0.449 e. The molecular formula is C21H29N3O2Si. The van der Waals surface area contributed by atoms with E-state index in [4.69, 9.17) is 4.74 Å². The van der Waals surface area contributed by atoms with Crippen molar-refractivity contribution in [1.29, 1.82) is 0 Å². The number of rotatable bonds is 8. The lowest BCUT2D eigenvalue weighted by molar-refractivity contribution is 0.152. The fourth-order valence-electron chi connectivity index (χ4n) is 3.09. The van der Waals surface area contributed by atoms with E-state index >= 15 is 0 Å². The van der Waals surface area contributed by atoms with Crippen molar-refractivity contribution in [2.24, 2.45) is 11.0 Å². The van der Waals surface area contributed by atoms with Crippen LogP contribution in [0.4, 0.5) is 4.79 Å². The number of amides is 1.